The van der Waals surface area contributed by atoms with Gasteiger partial charge in [-0.1, -0.05) is 41.9 Å². The Morgan fingerprint density at radius 1 is 1.29 bits per heavy atom. The Bertz CT molecular complexity index is 585. The van der Waals surface area contributed by atoms with E-state index in [1.807, 2.05) is 42.2 Å². The molecule has 1 heterocycles. The van der Waals surface area contributed by atoms with Crippen molar-refractivity contribution in [2.45, 2.75) is 19.5 Å². The van der Waals surface area contributed by atoms with Crippen LogP contribution >= 0.6 is 22.9 Å². The van der Waals surface area contributed by atoms with Crippen LogP contribution in [0.2, 0.25) is 4.34 Å². The van der Waals surface area contributed by atoms with E-state index in [1.54, 1.807) is 12.1 Å². The Morgan fingerprint density at radius 3 is 2.57 bits per heavy atom. The maximum Gasteiger partial charge on any atom is 0.189 e. The molecule has 1 unspecified atom stereocenters. The van der Waals surface area contributed by atoms with Gasteiger partial charge in [-0.15, -0.1) is 11.3 Å². The van der Waals surface area contributed by atoms with E-state index in [2.05, 4.69) is 0 Å². The zero-order valence-corrected chi connectivity index (χ0v) is 13.4. The zero-order valence-electron chi connectivity index (χ0n) is 11.8. The molecule has 3 nitrogen and oxygen atoms in total. The van der Waals surface area contributed by atoms with Crippen molar-refractivity contribution in [3.8, 4) is 0 Å². The van der Waals surface area contributed by atoms with E-state index in [1.165, 1.54) is 11.3 Å². The predicted molar refractivity (Wildman–Crippen MR) is 87.1 cm³/mol. The average Bonchev–Trinajstić information content (AvgIpc) is 2.93. The van der Waals surface area contributed by atoms with Gasteiger partial charge in [0.05, 0.1) is 21.9 Å². The number of halogens is 1. The van der Waals surface area contributed by atoms with Crippen LogP contribution in [0.1, 0.15) is 22.2 Å². The fourth-order valence-corrected chi connectivity index (χ4v) is 3.24. The van der Waals surface area contributed by atoms with Crippen molar-refractivity contribution in [2.75, 3.05) is 13.2 Å². The van der Waals surface area contributed by atoms with E-state index in [4.69, 9.17) is 11.6 Å². The molecule has 2 rings (SSSR count). The molecule has 0 radical (unpaired) electrons. The molecular formula is C16H18ClNO2S. The number of aliphatic hydroxyl groups is 1. The number of ketones is 1. The molecule has 0 amide bonds. The van der Waals surface area contributed by atoms with E-state index in [0.717, 1.165) is 5.56 Å². The van der Waals surface area contributed by atoms with Gasteiger partial charge in [0.25, 0.3) is 0 Å². The second-order valence-electron chi connectivity index (χ2n) is 4.82. The van der Waals surface area contributed by atoms with Crippen molar-refractivity contribution in [1.82, 2.24) is 4.90 Å². The summed E-state index contributed by atoms with van der Waals surface area (Å²) in [5.74, 6) is 0.0382. The van der Waals surface area contributed by atoms with Crippen molar-refractivity contribution in [1.29, 1.82) is 0 Å². The van der Waals surface area contributed by atoms with Crippen LogP contribution in [0.4, 0.5) is 0 Å². The summed E-state index contributed by atoms with van der Waals surface area (Å²) >= 11 is 7.19. The first-order chi connectivity index (χ1) is 10.1. The molecule has 0 fully saturated rings. The van der Waals surface area contributed by atoms with Crippen LogP contribution in [0.25, 0.3) is 0 Å². The predicted octanol–water partition coefficient (Wildman–Crippen LogP) is 3.47. The first-order valence-corrected chi connectivity index (χ1v) is 7.99. The van der Waals surface area contributed by atoms with E-state index in [0.29, 0.717) is 22.3 Å². The van der Waals surface area contributed by atoms with Crippen LogP contribution in [0, 0.1) is 0 Å². The summed E-state index contributed by atoms with van der Waals surface area (Å²) in [6.07, 6.45) is 0. The lowest BCUT2D eigenvalue weighted by Gasteiger charge is -2.27. The molecule has 112 valence electrons. The smallest absolute Gasteiger partial charge is 0.189 e. The highest BCUT2D eigenvalue weighted by molar-refractivity contribution is 7.18. The standard InChI is InChI=1S/C16H18ClNO2S/c1-12(16(20)14-7-8-15(17)21-14)18(9-10-19)11-13-5-3-2-4-6-13/h2-8,12,19H,9-11H2,1H3. The molecule has 21 heavy (non-hydrogen) atoms. The van der Waals surface area contributed by atoms with Gasteiger partial charge in [-0.3, -0.25) is 9.69 Å². The van der Waals surface area contributed by atoms with Crippen LogP contribution in [-0.2, 0) is 6.54 Å². The summed E-state index contributed by atoms with van der Waals surface area (Å²) in [7, 11) is 0. The topological polar surface area (TPSA) is 40.5 Å². The Labute approximate surface area is 133 Å². The molecule has 5 heteroatoms. The van der Waals surface area contributed by atoms with Gasteiger partial charge < -0.3 is 5.11 Å². The molecule has 0 bridgehead atoms. The number of carbonyl (C=O) groups is 1. The third-order valence-electron chi connectivity index (χ3n) is 3.36. The van der Waals surface area contributed by atoms with E-state index in [-0.39, 0.29) is 18.4 Å². The van der Waals surface area contributed by atoms with E-state index >= 15 is 0 Å². The Hall–Kier alpha value is -1.20. The minimum Gasteiger partial charge on any atom is -0.395 e. The first kappa shape index (κ1) is 16.2. The fourth-order valence-electron chi connectivity index (χ4n) is 2.17. The lowest BCUT2D eigenvalue weighted by Crippen LogP contribution is -2.40. The summed E-state index contributed by atoms with van der Waals surface area (Å²) in [5.41, 5.74) is 1.12. The van der Waals surface area contributed by atoms with Crippen LogP contribution in [-0.4, -0.2) is 35.0 Å². The summed E-state index contributed by atoms with van der Waals surface area (Å²) in [6, 6.07) is 13.1. The third-order valence-corrected chi connectivity index (χ3v) is 4.60. The number of carbonyl (C=O) groups excluding carboxylic acids is 1. The molecule has 0 saturated carbocycles. The molecule has 0 saturated heterocycles. The number of nitrogens with zero attached hydrogens (tertiary/aromatic N) is 1. The molecule has 1 aromatic carbocycles. The van der Waals surface area contributed by atoms with Gasteiger partial charge in [-0.05, 0) is 24.6 Å². The molecule has 1 N–H and O–H groups in total. The largest absolute Gasteiger partial charge is 0.395 e. The highest BCUT2D eigenvalue weighted by Crippen LogP contribution is 2.24. The number of aliphatic hydroxyl groups excluding tert-OH is 1. The zero-order chi connectivity index (χ0) is 15.2. The summed E-state index contributed by atoms with van der Waals surface area (Å²) in [4.78, 5) is 15.1. The highest BCUT2D eigenvalue weighted by Gasteiger charge is 2.23. The Balaban J connectivity index is 2.11. The summed E-state index contributed by atoms with van der Waals surface area (Å²) in [6.45, 7) is 2.98. The number of benzene rings is 1. The lowest BCUT2D eigenvalue weighted by atomic mass is 10.1. The maximum absolute atomic E-state index is 12.5. The number of rotatable bonds is 7. The van der Waals surface area contributed by atoms with Crippen molar-refractivity contribution in [3.63, 3.8) is 0 Å². The highest BCUT2D eigenvalue weighted by atomic mass is 35.5. The van der Waals surface area contributed by atoms with E-state index in [9.17, 15) is 9.90 Å². The van der Waals surface area contributed by atoms with Gasteiger partial charge in [0.15, 0.2) is 5.78 Å². The molecule has 1 atom stereocenters. The van der Waals surface area contributed by atoms with Gasteiger partial charge >= 0.3 is 0 Å². The summed E-state index contributed by atoms with van der Waals surface area (Å²) < 4.78 is 0.613. The van der Waals surface area contributed by atoms with Crippen molar-refractivity contribution in [3.05, 3.63) is 57.2 Å². The molecule has 0 spiro atoms. The van der Waals surface area contributed by atoms with Gasteiger partial charge in [0.1, 0.15) is 0 Å². The third kappa shape index (κ3) is 4.38. The SMILES string of the molecule is CC(C(=O)c1ccc(Cl)s1)N(CCO)Cc1ccccc1. The molecule has 0 aliphatic heterocycles. The van der Waals surface area contributed by atoms with Crippen LogP contribution in [0.15, 0.2) is 42.5 Å². The minimum atomic E-state index is -0.299. The quantitative estimate of drug-likeness (QED) is 0.793. The first-order valence-electron chi connectivity index (χ1n) is 6.80. The van der Waals surface area contributed by atoms with Gasteiger partial charge in [0.2, 0.25) is 0 Å². The van der Waals surface area contributed by atoms with E-state index < -0.39 is 0 Å². The van der Waals surface area contributed by atoms with Gasteiger partial charge in [-0.25, -0.2) is 0 Å². The lowest BCUT2D eigenvalue weighted by molar-refractivity contribution is 0.0799. The monoisotopic (exact) mass is 323 g/mol. The second-order valence-corrected chi connectivity index (χ2v) is 6.54. The van der Waals surface area contributed by atoms with Crippen molar-refractivity contribution >= 4 is 28.7 Å². The number of hydrogen-bond donors (Lipinski definition) is 1. The Kier molecular flexibility index (Phi) is 5.94. The van der Waals surface area contributed by atoms with Crippen molar-refractivity contribution in [2.24, 2.45) is 0 Å². The Morgan fingerprint density at radius 2 is 2.00 bits per heavy atom. The number of thiophene rings is 1. The molecular weight excluding hydrogens is 306 g/mol. The molecule has 1 aromatic heterocycles. The van der Waals surface area contributed by atoms with Crippen molar-refractivity contribution < 1.29 is 9.90 Å². The van der Waals surface area contributed by atoms with Crippen LogP contribution in [0.5, 0.6) is 0 Å². The second kappa shape index (κ2) is 7.71. The number of hydrogen-bond acceptors (Lipinski definition) is 4. The molecule has 2 aromatic rings. The normalized spacial score (nSPS) is 12.6. The number of Topliss-reactive ketones (excluding diaryl/α,β-unsaturated/α-hetero) is 1. The minimum absolute atomic E-state index is 0.0235. The average molecular weight is 324 g/mol. The maximum atomic E-state index is 12.5. The van der Waals surface area contributed by atoms with Crippen LogP contribution < -0.4 is 0 Å². The van der Waals surface area contributed by atoms with Crippen LogP contribution in [0.3, 0.4) is 0 Å². The summed E-state index contributed by atoms with van der Waals surface area (Å²) in [5, 5.41) is 9.25. The van der Waals surface area contributed by atoms with Gasteiger partial charge in [0, 0.05) is 13.1 Å². The van der Waals surface area contributed by atoms with Gasteiger partial charge in [-0.2, -0.15) is 0 Å². The molecule has 0 aliphatic rings. The molecule has 0 aliphatic carbocycles. The fraction of sp³-hybridized carbons (Fsp3) is 0.312.